The monoisotopic (exact) mass is 183 g/mol. The van der Waals surface area contributed by atoms with Gasteiger partial charge in [0.05, 0.1) is 0 Å². The molecule has 0 saturated carbocycles. The molecule has 0 atom stereocenters. The van der Waals surface area contributed by atoms with E-state index >= 15 is 0 Å². The molecular weight excluding hydrogens is 181 g/mol. The first-order valence-corrected chi connectivity index (χ1v) is 1.12. The maximum atomic E-state index is 9.25. The smallest absolute Gasteiger partial charge is 0.266 e. The molecule has 0 aliphatic heterocycles. The van der Waals surface area contributed by atoms with Crippen LogP contribution in [0.1, 0.15) is 0 Å². The summed E-state index contributed by atoms with van der Waals surface area (Å²) >= 11 is 0. The van der Waals surface area contributed by atoms with Gasteiger partial charge in [-0.1, -0.05) is 6.58 Å². The van der Waals surface area contributed by atoms with Gasteiger partial charge in [0.25, 0.3) is 5.91 Å². The van der Waals surface area contributed by atoms with Crippen LogP contribution in [0.25, 0.3) is 0 Å². The SMILES string of the molecule is C=CC([N])=O.[Fe].[Ni]. The number of hydrogen-bond acceptors (Lipinski definition) is 1. The van der Waals surface area contributed by atoms with Crippen LogP contribution in [0.2, 0.25) is 0 Å². The first-order chi connectivity index (χ1) is 2.27. The Morgan fingerprint density at radius 1 is 1.71 bits per heavy atom. The van der Waals surface area contributed by atoms with Crippen LogP contribution in [0.5, 0.6) is 0 Å². The molecule has 0 bridgehead atoms. The van der Waals surface area contributed by atoms with E-state index in [0.29, 0.717) is 0 Å². The van der Waals surface area contributed by atoms with Crippen molar-refractivity contribution in [2.45, 2.75) is 0 Å². The van der Waals surface area contributed by atoms with Crippen LogP contribution >= 0.6 is 0 Å². The minimum Gasteiger partial charge on any atom is -0.266 e. The number of rotatable bonds is 1. The van der Waals surface area contributed by atoms with Crippen molar-refractivity contribution in [2.75, 3.05) is 0 Å². The zero-order valence-electron chi connectivity index (χ0n) is 3.31. The second-order valence-electron chi connectivity index (χ2n) is 0.542. The molecule has 0 spiro atoms. The fourth-order valence-electron chi connectivity index (χ4n) is 0. The molecule has 44 valence electrons. The molecule has 0 aromatic carbocycles. The van der Waals surface area contributed by atoms with Gasteiger partial charge in [-0.2, -0.15) is 0 Å². The third-order valence-electron chi connectivity index (χ3n) is 0.175. The minimum absolute atomic E-state index is 0. The first kappa shape index (κ1) is 15.7. The molecule has 0 N–H and O–H groups in total. The predicted octanol–water partition coefficient (Wildman–Crippen LogP) is -0.237. The average molecular weight is 184 g/mol. The van der Waals surface area contributed by atoms with Gasteiger partial charge < -0.3 is 0 Å². The van der Waals surface area contributed by atoms with Crippen LogP contribution < -0.4 is 5.73 Å². The van der Waals surface area contributed by atoms with Crippen molar-refractivity contribution < 1.29 is 38.4 Å². The molecule has 7 heavy (non-hydrogen) atoms. The Bertz CT molecular complexity index is 66.0. The van der Waals surface area contributed by atoms with E-state index in [2.05, 4.69) is 6.58 Å². The van der Waals surface area contributed by atoms with Crippen molar-refractivity contribution in [3.05, 3.63) is 12.7 Å². The van der Waals surface area contributed by atoms with Gasteiger partial charge in [-0.3, -0.25) is 4.79 Å². The Kier molecular flexibility index (Phi) is 21.3. The van der Waals surface area contributed by atoms with Crippen molar-refractivity contribution in [1.29, 1.82) is 0 Å². The summed E-state index contributed by atoms with van der Waals surface area (Å²) in [7, 11) is 0. The Labute approximate surface area is 62.9 Å². The minimum atomic E-state index is -0.981. The number of hydrogen-bond donors (Lipinski definition) is 0. The normalized spacial score (nSPS) is 4.57. The van der Waals surface area contributed by atoms with Crippen LogP contribution in [0.4, 0.5) is 0 Å². The van der Waals surface area contributed by atoms with Crippen LogP contribution in [0.15, 0.2) is 12.7 Å². The summed E-state index contributed by atoms with van der Waals surface area (Å²) in [5.74, 6) is -0.981. The number of carbonyl (C=O) groups is 1. The molecule has 1 amide bonds. The van der Waals surface area contributed by atoms with Crippen molar-refractivity contribution in [1.82, 2.24) is 5.73 Å². The number of carbonyl (C=O) groups excluding carboxylic acids is 1. The number of nitrogens with zero attached hydrogens (tertiary/aromatic N) is 1. The van der Waals surface area contributed by atoms with E-state index in [9.17, 15) is 4.79 Å². The van der Waals surface area contributed by atoms with E-state index in [-0.39, 0.29) is 33.6 Å². The maximum absolute atomic E-state index is 9.25. The largest absolute Gasteiger partial charge is 0.287 e. The third kappa shape index (κ3) is 22.5. The van der Waals surface area contributed by atoms with E-state index in [1.807, 2.05) is 0 Å². The van der Waals surface area contributed by atoms with E-state index in [4.69, 9.17) is 5.73 Å². The van der Waals surface area contributed by atoms with Crippen molar-refractivity contribution in [3.63, 3.8) is 0 Å². The molecule has 0 aromatic heterocycles. The van der Waals surface area contributed by atoms with E-state index in [1.54, 1.807) is 0 Å². The summed E-state index contributed by atoms with van der Waals surface area (Å²) in [6.45, 7) is 2.96. The maximum Gasteiger partial charge on any atom is 0.287 e. The van der Waals surface area contributed by atoms with Gasteiger partial charge in [-0.05, 0) is 6.08 Å². The molecule has 0 aliphatic rings. The Morgan fingerprint density at radius 3 is 1.86 bits per heavy atom. The molecule has 0 saturated heterocycles. The zero-order valence-corrected chi connectivity index (χ0v) is 5.40. The molecule has 0 aromatic rings. The Balaban J connectivity index is -0.0000000800. The Hall–Kier alpha value is 0.223. The summed E-state index contributed by atoms with van der Waals surface area (Å²) < 4.78 is 0. The van der Waals surface area contributed by atoms with E-state index < -0.39 is 5.91 Å². The fourth-order valence-corrected chi connectivity index (χ4v) is 0. The summed E-state index contributed by atoms with van der Waals surface area (Å²) in [5.41, 5.74) is 7.60. The standard InChI is InChI=1S/C3H3NO.Fe.Ni/c1-2-3(4)5;;/h2H,1H2;;. The second kappa shape index (κ2) is 9.52. The van der Waals surface area contributed by atoms with Crippen molar-refractivity contribution in [2.24, 2.45) is 0 Å². The van der Waals surface area contributed by atoms with Gasteiger partial charge >= 0.3 is 0 Å². The molecule has 4 heteroatoms. The molecule has 0 fully saturated rings. The van der Waals surface area contributed by atoms with Gasteiger partial charge in [0.15, 0.2) is 0 Å². The van der Waals surface area contributed by atoms with Gasteiger partial charge in [-0.15, -0.1) is 5.73 Å². The summed E-state index contributed by atoms with van der Waals surface area (Å²) in [6, 6.07) is 0. The number of amides is 1. The summed E-state index contributed by atoms with van der Waals surface area (Å²) in [6.07, 6.45) is 0.833. The first-order valence-electron chi connectivity index (χ1n) is 1.12. The molecule has 2 nitrogen and oxygen atoms in total. The van der Waals surface area contributed by atoms with Gasteiger partial charge in [0.1, 0.15) is 0 Å². The molecule has 0 aliphatic carbocycles. The third-order valence-corrected chi connectivity index (χ3v) is 0.175. The average Bonchev–Trinajstić information content (AvgIpc) is 1.38. The summed E-state index contributed by atoms with van der Waals surface area (Å²) in [4.78, 5) is 9.25. The van der Waals surface area contributed by atoms with E-state index in [1.165, 1.54) is 0 Å². The quantitative estimate of drug-likeness (QED) is 0.409. The Morgan fingerprint density at radius 2 is 1.86 bits per heavy atom. The second-order valence-corrected chi connectivity index (χ2v) is 0.542. The van der Waals surface area contributed by atoms with Crippen LogP contribution in [0.3, 0.4) is 0 Å². The van der Waals surface area contributed by atoms with Crippen LogP contribution in [-0.4, -0.2) is 5.91 Å². The van der Waals surface area contributed by atoms with Crippen LogP contribution in [-0.2, 0) is 38.4 Å². The van der Waals surface area contributed by atoms with Crippen molar-refractivity contribution >= 4 is 5.91 Å². The molecule has 0 unspecified atom stereocenters. The fraction of sp³-hybridized carbons (Fsp3) is 0. The molecule has 0 rings (SSSR count). The zero-order chi connectivity index (χ0) is 4.28. The molecular formula is C3H3FeNNiO. The van der Waals surface area contributed by atoms with Crippen molar-refractivity contribution in [3.8, 4) is 0 Å². The molecule has 0 heterocycles. The van der Waals surface area contributed by atoms with Gasteiger partial charge in [-0.25, -0.2) is 0 Å². The topological polar surface area (TPSA) is 39.4 Å². The van der Waals surface area contributed by atoms with Gasteiger partial charge in [0.2, 0.25) is 0 Å². The predicted molar refractivity (Wildman–Crippen MR) is 17.3 cm³/mol. The van der Waals surface area contributed by atoms with Gasteiger partial charge in [0, 0.05) is 33.6 Å². The van der Waals surface area contributed by atoms with Crippen LogP contribution in [0, 0.1) is 0 Å². The van der Waals surface area contributed by atoms with E-state index in [0.717, 1.165) is 6.08 Å². The summed E-state index contributed by atoms with van der Waals surface area (Å²) in [5, 5.41) is 0. The molecule has 2 radical (unpaired) electrons.